The molecule has 0 amide bonds. The highest BCUT2D eigenvalue weighted by molar-refractivity contribution is 9.10. The number of nitro groups is 1. The van der Waals surface area contributed by atoms with Gasteiger partial charge in [-0.3, -0.25) is 15.1 Å². The van der Waals surface area contributed by atoms with Crippen LogP contribution in [-0.2, 0) is 0 Å². The van der Waals surface area contributed by atoms with Crippen molar-refractivity contribution in [2.75, 3.05) is 7.05 Å². The lowest BCUT2D eigenvalue weighted by Crippen LogP contribution is -2.34. The molecule has 1 rings (SSSR count). The van der Waals surface area contributed by atoms with Crippen molar-refractivity contribution in [1.82, 2.24) is 5.01 Å². The maximum absolute atomic E-state index is 10.7. The molecule has 0 saturated heterocycles. The molecule has 86 valence electrons. The fraction of sp³-hybridized carbons (Fsp3) is 0.125. The molecular formula is C8H10BrN5O2. The van der Waals surface area contributed by atoms with E-state index in [9.17, 15) is 10.1 Å². The lowest BCUT2D eigenvalue weighted by atomic mass is 10.2. The molecule has 1 aromatic carbocycles. The molecule has 0 unspecified atom stereocenters. The first-order chi connectivity index (χ1) is 7.45. The van der Waals surface area contributed by atoms with Gasteiger partial charge in [0.25, 0.3) is 5.69 Å². The van der Waals surface area contributed by atoms with Crippen molar-refractivity contribution < 1.29 is 4.92 Å². The molecule has 0 radical (unpaired) electrons. The number of nitrogens with two attached hydrogens (primary N) is 2. The Morgan fingerprint density at radius 1 is 1.56 bits per heavy atom. The summed E-state index contributed by atoms with van der Waals surface area (Å²) in [5, 5.41) is 15.3. The van der Waals surface area contributed by atoms with E-state index in [1.54, 1.807) is 13.1 Å². The van der Waals surface area contributed by atoms with Crippen LogP contribution < -0.4 is 11.7 Å². The van der Waals surface area contributed by atoms with Gasteiger partial charge in [0.2, 0.25) is 0 Å². The summed E-state index contributed by atoms with van der Waals surface area (Å²) in [6.07, 6.45) is 0. The number of nitrogens with zero attached hydrogens (tertiary/aromatic N) is 3. The number of hydrogen-bond acceptors (Lipinski definition) is 5. The summed E-state index contributed by atoms with van der Waals surface area (Å²) >= 11 is 3.17. The molecule has 0 bridgehead atoms. The Balaban J connectivity index is 3.29. The normalized spacial score (nSPS) is 11.3. The average molecular weight is 288 g/mol. The largest absolute Gasteiger partial charge is 0.321 e. The smallest absolute Gasteiger partial charge is 0.271 e. The Labute approximate surface area is 100.0 Å². The van der Waals surface area contributed by atoms with Crippen LogP contribution in [0, 0.1) is 10.1 Å². The summed E-state index contributed by atoms with van der Waals surface area (Å²) in [7, 11) is 1.54. The molecule has 1 aromatic rings. The van der Waals surface area contributed by atoms with E-state index in [0.29, 0.717) is 10.0 Å². The van der Waals surface area contributed by atoms with Crippen molar-refractivity contribution in [1.29, 1.82) is 0 Å². The molecule has 0 aliphatic carbocycles. The van der Waals surface area contributed by atoms with Crippen LogP contribution in [0.5, 0.6) is 0 Å². The Kier molecular flexibility index (Phi) is 3.80. The van der Waals surface area contributed by atoms with E-state index in [4.69, 9.17) is 11.7 Å². The zero-order chi connectivity index (χ0) is 12.3. The highest BCUT2D eigenvalue weighted by Crippen LogP contribution is 2.21. The zero-order valence-corrected chi connectivity index (χ0v) is 10.0. The number of hydrogen-bond donors (Lipinski definition) is 2. The standard InChI is InChI=1S/C8H10BrN5O2/c1-13(11)8(12-10)5-2-6(9)4-7(3-5)14(15)16/h2-4H,10-11H2,1H3/b12-8-. The van der Waals surface area contributed by atoms with Gasteiger partial charge in [0.15, 0.2) is 5.84 Å². The molecule has 4 N–H and O–H groups in total. The van der Waals surface area contributed by atoms with Gasteiger partial charge in [-0.25, -0.2) is 5.84 Å². The minimum Gasteiger partial charge on any atom is -0.321 e. The molecule has 0 aliphatic rings. The molecule has 0 spiro atoms. The highest BCUT2D eigenvalue weighted by atomic mass is 79.9. The first kappa shape index (κ1) is 12.4. The highest BCUT2D eigenvalue weighted by Gasteiger charge is 2.13. The van der Waals surface area contributed by atoms with Gasteiger partial charge in [-0.2, -0.15) is 5.10 Å². The molecule has 16 heavy (non-hydrogen) atoms. The van der Waals surface area contributed by atoms with Crippen molar-refractivity contribution >= 4 is 27.5 Å². The van der Waals surface area contributed by atoms with Crippen LogP contribution in [0.15, 0.2) is 27.8 Å². The van der Waals surface area contributed by atoms with Crippen molar-refractivity contribution in [2.24, 2.45) is 16.8 Å². The maximum Gasteiger partial charge on any atom is 0.271 e. The number of rotatable bonds is 2. The fourth-order valence-electron chi connectivity index (χ4n) is 1.18. The van der Waals surface area contributed by atoms with Crippen LogP contribution in [0.1, 0.15) is 5.56 Å². The molecule has 0 aromatic heterocycles. The molecule has 0 atom stereocenters. The lowest BCUT2D eigenvalue weighted by Gasteiger charge is -2.14. The zero-order valence-electron chi connectivity index (χ0n) is 8.42. The lowest BCUT2D eigenvalue weighted by molar-refractivity contribution is -0.384. The monoisotopic (exact) mass is 287 g/mol. The number of hydrazine groups is 1. The van der Waals surface area contributed by atoms with Crippen molar-refractivity contribution in [3.05, 3.63) is 38.3 Å². The fourth-order valence-corrected chi connectivity index (χ4v) is 1.66. The molecule has 0 fully saturated rings. The second kappa shape index (κ2) is 4.90. The van der Waals surface area contributed by atoms with Crippen LogP contribution in [-0.4, -0.2) is 22.8 Å². The van der Waals surface area contributed by atoms with E-state index in [-0.39, 0.29) is 11.5 Å². The quantitative estimate of drug-likeness (QED) is 0.275. The number of nitro benzene ring substituents is 1. The Morgan fingerprint density at radius 3 is 2.62 bits per heavy atom. The van der Waals surface area contributed by atoms with Crippen LogP contribution >= 0.6 is 15.9 Å². The van der Waals surface area contributed by atoms with Crippen molar-refractivity contribution in [3.8, 4) is 0 Å². The predicted molar refractivity (Wildman–Crippen MR) is 63.5 cm³/mol. The SMILES string of the molecule is CN(N)/C(=N\N)c1cc(Br)cc([N+](=O)[O-])c1. The van der Waals surface area contributed by atoms with E-state index in [1.165, 1.54) is 17.1 Å². The Bertz CT molecular complexity index is 446. The van der Waals surface area contributed by atoms with E-state index >= 15 is 0 Å². The van der Waals surface area contributed by atoms with Crippen LogP contribution in [0.3, 0.4) is 0 Å². The molecule has 7 nitrogen and oxygen atoms in total. The number of hydrazone groups is 1. The van der Waals surface area contributed by atoms with Gasteiger partial charge in [-0.05, 0) is 6.07 Å². The summed E-state index contributed by atoms with van der Waals surface area (Å²) < 4.78 is 0.555. The maximum atomic E-state index is 10.7. The molecule has 0 saturated carbocycles. The van der Waals surface area contributed by atoms with E-state index in [1.807, 2.05) is 0 Å². The second-order valence-corrected chi connectivity index (χ2v) is 3.93. The van der Waals surface area contributed by atoms with E-state index < -0.39 is 4.92 Å². The van der Waals surface area contributed by atoms with E-state index in [2.05, 4.69) is 21.0 Å². The summed E-state index contributed by atoms with van der Waals surface area (Å²) in [5.41, 5.74) is 0.404. The first-order valence-corrected chi connectivity index (χ1v) is 4.96. The third-order valence-electron chi connectivity index (χ3n) is 1.81. The molecule has 0 aliphatic heterocycles. The second-order valence-electron chi connectivity index (χ2n) is 3.02. The number of halogens is 1. The van der Waals surface area contributed by atoms with Gasteiger partial charge in [0.1, 0.15) is 0 Å². The third-order valence-corrected chi connectivity index (χ3v) is 2.27. The summed E-state index contributed by atoms with van der Waals surface area (Å²) in [5.74, 6) is 10.9. The average Bonchev–Trinajstić information content (AvgIpc) is 2.17. The topological polar surface area (TPSA) is 111 Å². The first-order valence-electron chi connectivity index (χ1n) is 4.17. The molecular weight excluding hydrogens is 278 g/mol. The minimum absolute atomic E-state index is 0.0626. The number of benzene rings is 1. The number of non-ortho nitro benzene ring substituents is 1. The molecule has 0 heterocycles. The van der Waals surface area contributed by atoms with E-state index in [0.717, 1.165) is 0 Å². The van der Waals surface area contributed by atoms with Gasteiger partial charge in [0.05, 0.1) is 4.92 Å². The van der Waals surface area contributed by atoms with Crippen LogP contribution in [0.25, 0.3) is 0 Å². The van der Waals surface area contributed by atoms with Gasteiger partial charge < -0.3 is 5.84 Å². The summed E-state index contributed by atoms with van der Waals surface area (Å²) in [6.45, 7) is 0. The van der Waals surface area contributed by atoms with Crippen LogP contribution in [0.2, 0.25) is 0 Å². The summed E-state index contributed by atoms with van der Waals surface area (Å²) in [4.78, 5) is 10.2. The molecule has 8 heteroatoms. The summed E-state index contributed by atoms with van der Waals surface area (Å²) in [6, 6.07) is 4.37. The van der Waals surface area contributed by atoms with Crippen LogP contribution in [0.4, 0.5) is 5.69 Å². The Hall–Kier alpha value is -1.67. The van der Waals surface area contributed by atoms with Gasteiger partial charge in [-0.15, -0.1) is 0 Å². The van der Waals surface area contributed by atoms with Gasteiger partial charge >= 0.3 is 0 Å². The Morgan fingerprint density at radius 2 is 2.19 bits per heavy atom. The number of amidine groups is 1. The van der Waals surface area contributed by atoms with Gasteiger partial charge in [-0.1, -0.05) is 15.9 Å². The van der Waals surface area contributed by atoms with Gasteiger partial charge in [0, 0.05) is 29.2 Å². The van der Waals surface area contributed by atoms with Crippen molar-refractivity contribution in [3.63, 3.8) is 0 Å². The third kappa shape index (κ3) is 2.67. The predicted octanol–water partition coefficient (Wildman–Crippen LogP) is 0.783. The van der Waals surface area contributed by atoms with Crippen molar-refractivity contribution in [2.45, 2.75) is 0 Å². The minimum atomic E-state index is -0.501.